The van der Waals surface area contributed by atoms with Gasteiger partial charge in [-0.15, -0.1) is 10.2 Å². The van der Waals surface area contributed by atoms with Crippen molar-refractivity contribution in [1.29, 1.82) is 5.26 Å². The summed E-state index contributed by atoms with van der Waals surface area (Å²) in [5.74, 6) is 0.0826. The van der Waals surface area contributed by atoms with Gasteiger partial charge in [0.15, 0.2) is 5.69 Å². The maximum atomic E-state index is 12.1. The number of nitrogens with one attached hydrogen (secondary N) is 2. The Morgan fingerprint density at radius 3 is 3.04 bits per heavy atom. The van der Waals surface area contributed by atoms with E-state index in [0.717, 1.165) is 35.7 Å². The largest absolute Gasteiger partial charge is 0.300 e. The molecule has 0 fully saturated rings. The molecule has 3 rings (SSSR count). The van der Waals surface area contributed by atoms with Gasteiger partial charge in [0.05, 0.1) is 5.75 Å². The van der Waals surface area contributed by atoms with Crippen molar-refractivity contribution in [3.8, 4) is 6.07 Å². The number of thioether (sulfide) groups is 1. The number of hydrogen-bond acceptors (Lipinski definition) is 6. The standard InChI is InChI=1S/C16H17N5OS2/c1-2-14-20-21-16(24-14)19-13(22)9-23-15-11(8-17)7-10-5-3-4-6-12(10)18-15/h7H,2-6,9H2,1H3,(H,19,21,22)/p+1. The lowest BCUT2D eigenvalue weighted by atomic mass is 9.95. The molecule has 0 atom stereocenters. The fourth-order valence-electron chi connectivity index (χ4n) is 2.61. The van der Waals surface area contributed by atoms with Gasteiger partial charge in [0.25, 0.3) is 5.03 Å². The third-order valence-corrected chi connectivity index (χ3v) is 5.82. The number of aryl methyl sites for hydroxylation is 3. The SMILES string of the molecule is CCc1nnc(NC(=O)CSc2[nH+]c3c(cc2C#N)CCCC3)s1. The predicted molar refractivity (Wildman–Crippen MR) is 93.0 cm³/mol. The smallest absolute Gasteiger partial charge is 0.257 e. The number of carbonyl (C=O) groups is 1. The Hall–Kier alpha value is -1.98. The summed E-state index contributed by atoms with van der Waals surface area (Å²) in [5.41, 5.74) is 3.03. The lowest BCUT2D eigenvalue weighted by molar-refractivity contribution is -0.439. The van der Waals surface area contributed by atoms with E-state index in [1.54, 1.807) is 0 Å². The first-order valence-corrected chi connectivity index (χ1v) is 9.73. The van der Waals surface area contributed by atoms with Crippen molar-refractivity contribution in [2.45, 2.75) is 44.1 Å². The highest BCUT2D eigenvalue weighted by Gasteiger charge is 2.22. The van der Waals surface area contributed by atoms with E-state index >= 15 is 0 Å². The van der Waals surface area contributed by atoms with Gasteiger partial charge in [-0.25, -0.2) is 4.98 Å². The molecule has 2 aromatic heterocycles. The van der Waals surface area contributed by atoms with Gasteiger partial charge < -0.3 is 0 Å². The molecule has 0 aliphatic heterocycles. The van der Waals surface area contributed by atoms with Crippen molar-refractivity contribution in [3.05, 3.63) is 27.9 Å². The maximum absolute atomic E-state index is 12.1. The first-order valence-electron chi connectivity index (χ1n) is 7.92. The Balaban J connectivity index is 1.65. The molecular formula is C16H18N5OS2+. The summed E-state index contributed by atoms with van der Waals surface area (Å²) >= 11 is 2.74. The van der Waals surface area contributed by atoms with Crippen LogP contribution in [0.5, 0.6) is 0 Å². The third-order valence-electron chi connectivity index (χ3n) is 3.82. The van der Waals surface area contributed by atoms with Gasteiger partial charge in [0, 0.05) is 12.0 Å². The summed E-state index contributed by atoms with van der Waals surface area (Å²) in [5, 5.41) is 22.2. The van der Waals surface area contributed by atoms with E-state index in [-0.39, 0.29) is 11.7 Å². The number of nitriles is 1. The zero-order valence-electron chi connectivity index (χ0n) is 13.4. The summed E-state index contributed by atoms with van der Waals surface area (Å²) in [6, 6.07) is 4.19. The second kappa shape index (κ2) is 7.73. The van der Waals surface area contributed by atoms with E-state index in [0.29, 0.717) is 10.7 Å². The number of carbonyl (C=O) groups excluding carboxylic acids is 1. The predicted octanol–water partition coefficient (Wildman–Crippen LogP) is 2.40. The van der Waals surface area contributed by atoms with Gasteiger partial charge in [0.2, 0.25) is 11.0 Å². The summed E-state index contributed by atoms with van der Waals surface area (Å²) in [4.78, 5) is 15.4. The van der Waals surface area contributed by atoms with Crippen LogP contribution in [0.15, 0.2) is 11.1 Å². The Labute approximate surface area is 148 Å². The highest BCUT2D eigenvalue weighted by molar-refractivity contribution is 7.99. The molecule has 2 heterocycles. The van der Waals surface area contributed by atoms with Crippen LogP contribution in [0.2, 0.25) is 0 Å². The molecule has 1 aliphatic rings. The molecule has 0 saturated heterocycles. The molecule has 2 N–H and O–H groups in total. The molecule has 0 spiro atoms. The molecule has 2 aromatic rings. The van der Waals surface area contributed by atoms with Gasteiger partial charge in [-0.05, 0) is 43.5 Å². The van der Waals surface area contributed by atoms with Gasteiger partial charge in [-0.3, -0.25) is 10.1 Å². The average Bonchev–Trinajstić information content (AvgIpc) is 3.06. The van der Waals surface area contributed by atoms with Crippen LogP contribution < -0.4 is 10.3 Å². The van der Waals surface area contributed by atoms with Crippen LogP contribution in [0.1, 0.15) is 41.6 Å². The Morgan fingerprint density at radius 2 is 2.29 bits per heavy atom. The van der Waals surface area contributed by atoms with Gasteiger partial charge >= 0.3 is 0 Å². The van der Waals surface area contributed by atoms with Gasteiger partial charge in [0.1, 0.15) is 16.6 Å². The molecule has 0 bridgehead atoms. The molecule has 0 saturated carbocycles. The molecule has 124 valence electrons. The quantitative estimate of drug-likeness (QED) is 0.827. The monoisotopic (exact) mass is 360 g/mol. The zero-order chi connectivity index (χ0) is 16.9. The topological polar surface area (TPSA) is 92.8 Å². The normalized spacial score (nSPS) is 13.2. The van der Waals surface area contributed by atoms with Crippen molar-refractivity contribution >= 4 is 34.1 Å². The number of hydrogen-bond donors (Lipinski definition) is 1. The highest BCUT2D eigenvalue weighted by Crippen LogP contribution is 2.24. The number of nitrogens with zero attached hydrogens (tertiary/aromatic N) is 3. The molecule has 24 heavy (non-hydrogen) atoms. The van der Waals surface area contributed by atoms with Crippen LogP contribution in [-0.4, -0.2) is 21.9 Å². The lowest BCUT2D eigenvalue weighted by Gasteiger charge is -2.11. The maximum Gasteiger partial charge on any atom is 0.257 e. The number of rotatable bonds is 5. The molecule has 1 amide bonds. The van der Waals surface area contributed by atoms with Gasteiger partial charge in [-0.2, -0.15) is 5.26 Å². The van der Waals surface area contributed by atoms with Gasteiger partial charge in [-0.1, -0.05) is 18.3 Å². The fourth-order valence-corrected chi connectivity index (χ4v) is 4.11. The molecule has 0 aromatic carbocycles. The van der Waals surface area contributed by atoms with Crippen LogP contribution in [0.25, 0.3) is 0 Å². The highest BCUT2D eigenvalue weighted by atomic mass is 32.2. The summed E-state index contributed by atoms with van der Waals surface area (Å²) in [6.45, 7) is 2.00. The minimum Gasteiger partial charge on any atom is -0.300 e. The minimum atomic E-state index is -0.145. The molecule has 0 radical (unpaired) electrons. The van der Waals surface area contributed by atoms with E-state index in [4.69, 9.17) is 0 Å². The molecule has 6 nitrogen and oxygen atoms in total. The number of aromatic nitrogens is 3. The number of pyridine rings is 1. The molecule has 0 unspecified atom stereocenters. The molecule has 8 heteroatoms. The Morgan fingerprint density at radius 1 is 1.46 bits per heavy atom. The van der Waals surface area contributed by atoms with Crippen molar-refractivity contribution < 1.29 is 9.78 Å². The number of H-pyrrole nitrogens is 1. The minimum absolute atomic E-state index is 0.145. The summed E-state index contributed by atoms with van der Waals surface area (Å²) in [7, 11) is 0. The van der Waals surface area contributed by atoms with E-state index < -0.39 is 0 Å². The van der Waals surface area contributed by atoms with E-state index in [2.05, 4.69) is 26.6 Å². The van der Waals surface area contributed by atoms with Crippen LogP contribution in [0.3, 0.4) is 0 Å². The van der Waals surface area contributed by atoms with Crippen LogP contribution in [-0.2, 0) is 24.1 Å². The van der Waals surface area contributed by atoms with Crippen LogP contribution >= 0.6 is 23.1 Å². The third kappa shape index (κ3) is 3.91. The van der Waals surface area contributed by atoms with E-state index in [1.807, 2.05) is 13.0 Å². The number of aromatic amines is 1. The van der Waals surface area contributed by atoms with Crippen molar-refractivity contribution in [1.82, 2.24) is 10.2 Å². The Kier molecular flexibility index (Phi) is 5.43. The van der Waals surface area contributed by atoms with E-state index in [1.165, 1.54) is 40.8 Å². The fraction of sp³-hybridized carbons (Fsp3) is 0.438. The van der Waals surface area contributed by atoms with E-state index in [9.17, 15) is 10.1 Å². The zero-order valence-corrected chi connectivity index (χ0v) is 15.0. The van der Waals surface area contributed by atoms with Crippen LogP contribution in [0, 0.1) is 11.3 Å². The molecule has 1 aliphatic carbocycles. The average molecular weight is 360 g/mol. The lowest BCUT2D eigenvalue weighted by Crippen LogP contribution is -2.23. The number of anilines is 1. The number of fused-ring (bicyclic) bond motifs is 1. The second-order valence-corrected chi connectivity index (χ2v) is 7.57. The van der Waals surface area contributed by atoms with Crippen molar-refractivity contribution in [3.63, 3.8) is 0 Å². The number of amides is 1. The van der Waals surface area contributed by atoms with Crippen LogP contribution in [0.4, 0.5) is 5.13 Å². The first-order chi connectivity index (χ1) is 11.7. The molecular weight excluding hydrogens is 342 g/mol. The van der Waals surface area contributed by atoms with Crippen molar-refractivity contribution in [2.24, 2.45) is 0 Å². The van der Waals surface area contributed by atoms with Crippen molar-refractivity contribution in [2.75, 3.05) is 11.1 Å². The Bertz CT molecular complexity index is 796. The second-order valence-electron chi connectivity index (χ2n) is 5.53. The summed E-state index contributed by atoms with van der Waals surface area (Å²) in [6.07, 6.45) is 5.16. The summed E-state index contributed by atoms with van der Waals surface area (Å²) < 4.78 is 0. The first kappa shape index (κ1) is 16.9.